The average Bonchev–Trinajstić information content (AvgIpc) is 3.07. The van der Waals surface area contributed by atoms with E-state index >= 15 is 0 Å². The van der Waals surface area contributed by atoms with Gasteiger partial charge in [-0.1, -0.05) is 18.0 Å². The van der Waals surface area contributed by atoms with E-state index in [1.54, 1.807) is 0 Å². The molecule has 7 nitrogen and oxygen atoms in total. The second-order valence-corrected chi connectivity index (χ2v) is 8.10. The topological polar surface area (TPSA) is 69.2 Å². The number of ether oxygens (including phenoxy) is 1. The summed E-state index contributed by atoms with van der Waals surface area (Å²) in [7, 11) is 0. The normalized spacial score (nSPS) is 28.0. The zero-order valence-corrected chi connectivity index (χ0v) is 15.4. The van der Waals surface area contributed by atoms with Crippen LogP contribution in [-0.2, 0) is 11.3 Å². The van der Waals surface area contributed by atoms with E-state index in [0.717, 1.165) is 25.5 Å². The van der Waals surface area contributed by atoms with Gasteiger partial charge in [-0.05, 0) is 38.7 Å². The first kappa shape index (κ1) is 16.4. The van der Waals surface area contributed by atoms with Crippen molar-refractivity contribution in [1.82, 2.24) is 24.8 Å². The van der Waals surface area contributed by atoms with Crippen molar-refractivity contribution < 1.29 is 9.26 Å². The molecule has 0 radical (unpaired) electrons. The standard InChI is InChI=1S/C19H27N5O2/c1-13-10-23(11-16-8-9-20-24(16)15-4-2-3-5-15)12-17(25-13)19-21-18(22-26-19)14-6-7-14/h8-9,13-15,17H,2-7,10-12H2,1H3/t13-,17-/m1/s1. The summed E-state index contributed by atoms with van der Waals surface area (Å²) in [5.41, 5.74) is 1.30. The molecule has 1 saturated heterocycles. The van der Waals surface area contributed by atoms with E-state index in [1.165, 1.54) is 44.2 Å². The molecule has 3 aliphatic rings. The van der Waals surface area contributed by atoms with Gasteiger partial charge in [-0.15, -0.1) is 0 Å². The van der Waals surface area contributed by atoms with Gasteiger partial charge in [0.25, 0.3) is 5.89 Å². The molecule has 2 atom stereocenters. The molecular formula is C19H27N5O2. The third-order valence-electron chi connectivity index (χ3n) is 5.82. The molecule has 0 N–H and O–H groups in total. The zero-order chi connectivity index (χ0) is 17.5. The Bertz CT molecular complexity index is 747. The molecule has 2 aromatic heterocycles. The van der Waals surface area contributed by atoms with Crippen LogP contribution in [-0.4, -0.2) is 44.0 Å². The van der Waals surface area contributed by atoms with Gasteiger partial charge in [0.05, 0.1) is 17.8 Å². The zero-order valence-electron chi connectivity index (χ0n) is 15.4. The van der Waals surface area contributed by atoms with Crippen LogP contribution in [0.15, 0.2) is 16.8 Å². The van der Waals surface area contributed by atoms with E-state index < -0.39 is 0 Å². The van der Waals surface area contributed by atoms with Crippen molar-refractivity contribution in [2.24, 2.45) is 0 Å². The van der Waals surface area contributed by atoms with Crippen molar-refractivity contribution >= 4 is 0 Å². The molecular weight excluding hydrogens is 330 g/mol. The Morgan fingerprint density at radius 2 is 2.00 bits per heavy atom. The van der Waals surface area contributed by atoms with Gasteiger partial charge in [0.2, 0.25) is 0 Å². The fourth-order valence-corrected chi connectivity index (χ4v) is 4.36. The summed E-state index contributed by atoms with van der Waals surface area (Å²) in [5.74, 6) is 1.99. The predicted molar refractivity (Wildman–Crippen MR) is 94.6 cm³/mol. The lowest BCUT2D eigenvalue weighted by atomic mass is 10.2. The minimum Gasteiger partial charge on any atom is -0.363 e. The minimum absolute atomic E-state index is 0.137. The van der Waals surface area contributed by atoms with Crippen LogP contribution in [0.4, 0.5) is 0 Å². The van der Waals surface area contributed by atoms with E-state index in [9.17, 15) is 0 Å². The number of nitrogens with zero attached hydrogens (tertiary/aromatic N) is 5. The van der Waals surface area contributed by atoms with Crippen LogP contribution < -0.4 is 0 Å². The second kappa shape index (κ2) is 6.78. The van der Waals surface area contributed by atoms with Crippen molar-refractivity contribution in [3.05, 3.63) is 29.7 Å². The van der Waals surface area contributed by atoms with Crippen LogP contribution in [0.2, 0.25) is 0 Å². The SMILES string of the molecule is C[C@@H]1CN(Cc2ccnn2C2CCCC2)C[C@H](c2nc(C3CC3)no2)O1. The van der Waals surface area contributed by atoms with E-state index in [2.05, 4.69) is 37.8 Å². The first-order valence-corrected chi connectivity index (χ1v) is 10.00. The predicted octanol–water partition coefficient (Wildman–Crippen LogP) is 3.22. The number of aromatic nitrogens is 4. The highest BCUT2D eigenvalue weighted by Gasteiger charge is 2.34. The fourth-order valence-electron chi connectivity index (χ4n) is 4.36. The third kappa shape index (κ3) is 3.30. The van der Waals surface area contributed by atoms with Gasteiger partial charge in [-0.2, -0.15) is 10.1 Å². The number of hydrogen-bond donors (Lipinski definition) is 0. The van der Waals surface area contributed by atoms with Crippen LogP contribution in [0, 0.1) is 0 Å². The molecule has 0 aromatic carbocycles. The van der Waals surface area contributed by atoms with Crippen LogP contribution in [0.5, 0.6) is 0 Å². The van der Waals surface area contributed by atoms with Crippen molar-refractivity contribution in [1.29, 1.82) is 0 Å². The largest absolute Gasteiger partial charge is 0.363 e. The first-order valence-electron chi connectivity index (χ1n) is 10.00. The lowest BCUT2D eigenvalue weighted by Gasteiger charge is -2.35. The average molecular weight is 357 g/mol. The van der Waals surface area contributed by atoms with Gasteiger partial charge in [0.1, 0.15) is 6.10 Å². The summed E-state index contributed by atoms with van der Waals surface area (Å²) in [4.78, 5) is 7.03. The van der Waals surface area contributed by atoms with E-state index in [1.807, 2.05) is 6.20 Å². The summed E-state index contributed by atoms with van der Waals surface area (Å²) in [6.45, 7) is 4.71. The highest BCUT2D eigenvalue weighted by atomic mass is 16.5. The lowest BCUT2D eigenvalue weighted by Crippen LogP contribution is -2.42. The maximum absolute atomic E-state index is 6.10. The van der Waals surface area contributed by atoms with E-state index in [0.29, 0.717) is 17.9 Å². The smallest absolute Gasteiger partial charge is 0.257 e. The summed E-state index contributed by atoms with van der Waals surface area (Å²) in [5, 5.41) is 8.75. The highest BCUT2D eigenvalue weighted by molar-refractivity contribution is 5.06. The molecule has 140 valence electrons. The Morgan fingerprint density at radius 3 is 2.81 bits per heavy atom. The maximum Gasteiger partial charge on any atom is 0.257 e. The number of hydrogen-bond acceptors (Lipinski definition) is 6. The summed E-state index contributed by atoms with van der Waals surface area (Å²) < 4.78 is 13.9. The maximum atomic E-state index is 6.10. The molecule has 2 aromatic rings. The lowest BCUT2D eigenvalue weighted by molar-refractivity contribution is -0.0936. The molecule has 26 heavy (non-hydrogen) atoms. The Kier molecular flexibility index (Phi) is 4.29. The molecule has 0 bridgehead atoms. The fraction of sp³-hybridized carbons (Fsp3) is 0.737. The Labute approximate surface area is 153 Å². The Balaban J connectivity index is 1.29. The molecule has 1 aliphatic heterocycles. The molecule has 0 spiro atoms. The van der Waals surface area contributed by atoms with E-state index in [4.69, 9.17) is 9.26 Å². The number of morpholine rings is 1. The van der Waals surface area contributed by atoms with Crippen molar-refractivity contribution in [2.75, 3.05) is 13.1 Å². The van der Waals surface area contributed by atoms with Gasteiger partial charge in [-0.25, -0.2) is 0 Å². The van der Waals surface area contributed by atoms with Crippen molar-refractivity contribution in [2.45, 2.75) is 76.2 Å². The molecule has 0 unspecified atom stereocenters. The van der Waals surface area contributed by atoms with Crippen LogP contribution in [0.25, 0.3) is 0 Å². The Hall–Kier alpha value is -1.73. The molecule has 2 saturated carbocycles. The van der Waals surface area contributed by atoms with Crippen LogP contribution in [0.3, 0.4) is 0 Å². The van der Waals surface area contributed by atoms with Gasteiger partial charge in [-0.3, -0.25) is 9.58 Å². The van der Waals surface area contributed by atoms with Crippen LogP contribution in [0.1, 0.15) is 80.9 Å². The summed E-state index contributed by atoms with van der Waals surface area (Å²) in [6, 6.07) is 2.73. The Morgan fingerprint density at radius 1 is 1.15 bits per heavy atom. The molecule has 7 heteroatoms. The quantitative estimate of drug-likeness (QED) is 0.818. The summed E-state index contributed by atoms with van der Waals surface area (Å²) in [6.07, 6.45) is 9.45. The minimum atomic E-state index is -0.137. The molecule has 2 aliphatic carbocycles. The van der Waals surface area contributed by atoms with Gasteiger partial charge in [0.15, 0.2) is 5.82 Å². The second-order valence-electron chi connectivity index (χ2n) is 8.10. The van der Waals surface area contributed by atoms with Gasteiger partial charge < -0.3 is 9.26 Å². The highest BCUT2D eigenvalue weighted by Crippen LogP contribution is 2.39. The third-order valence-corrected chi connectivity index (χ3v) is 5.82. The van der Waals surface area contributed by atoms with E-state index in [-0.39, 0.29) is 12.2 Å². The monoisotopic (exact) mass is 357 g/mol. The molecule has 5 rings (SSSR count). The molecule has 3 heterocycles. The number of rotatable bonds is 5. The van der Waals surface area contributed by atoms with Crippen LogP contribution >= 0.6 is 0 Å². The molecule has 0 amide bonds. The molecule has 3 fully saturated rings. The summed E-state index contributed by atoms with van der Waals surface area (Å²) >= 11 is 0. The van der Waals surface area contributed by atoms with Crippen molar-refractivity contribution in [3.8, 4) is 0 Å². The first-order chi connectivity index (χ1) is 12.8. The van der Waals surface area contributed by atoms with Gasteiger partial charge >= 0.3 is 0 Å². The van der Waals surface area contributed by atoms with Crippen molar-refractivity contribution in [3.63, 3.8) is 0 Å². The van der Waals surface area contributed by atoms with Gasteiger partial charge in [0, 0.05) is 31.7 Å².